The van der Waals surface area contributed by atoms with Crippen molar-refractivity contribution < 1.29 is 14.3 Å². The summed E-state index contributed by atoms with van der Waals surface area (Å²) in [5, 5.41) is 3.30. The molecule has 1 aromatic heterocycles. The molecule has 0 aliphatic carbocycles. The number of amides is 2. The van der Waals surface area contributed by atoms with Gasteiger partial charge in [0.2, 0.25) is 5.91 Å². The topological polar surface area (TPSA) is 71.5 Å². The summed E-state index contributed by atoms with van der Waals surface area (Å²) in [5.74, 6) is -0.444. The maximum Gasteiger partial charge on any atom is 0.257 e. The maximum absolute atomic E-state index is 12.6. The molecule has 1 saturated heterocycles. The fourth-order valence-corrected chi connectivity index (χ4v) is 3.24. The number of anilines is 1. The van der Waals surface area contributed by atoms with Crippen LogP contribution in [-0.2, 0) is 14.3 Å². The molecule has 0 bridgehead atoms. The predicted molar refractivity (Wildman–Crippen MR) is 87.2 cm³/mol. The van der Waals surface area contributed by atoms with Crippen molar-refractivity contribution in [3.63, 3.8) is 0 Å². The van der Waals surface area contributed by atoms with E-state index in [0.717, 1.165) is 10.4 Å². The standard InChI is InChI=1S/C16H17N3O3S/c1-10-8-17-16(23-10)18-15(21)14-13(11-6-4-3-5-7-11)19(2)12(20)9-22-14/h3-8,13-14H,9H2,1-2H3,(H,17,18,21)/t13-,14+/m1/s1. The molecular formula is C16H17N3O3S. The van der Waals surface area contributed by atoms with E-state index < -0.39 is 12.1 Å². The van der Waals surface area contributed by atoms with Gasteiger partial charge in [0.25, 0.3) is 5.91 Å². The van der Waals surface area contributed by atoms with Crippen LogP contribution in [0.5, 0.6) is 0 Å². The van der Waals surface area contributed by atoms with E-state index in [-0.39, 0.29) is 18.4 Å². The predicted octanol–water partition coefficient (Wildman–Crippen LogP) is 1.99. The third-order valence-corrected chi connectivity index (χ3v) is 4.56. The Morgan fingerprint density at radius 3 is 2.78 bits per heavy atom. The quantitative estimate of drug-likeness (QED) is 0.934. The fourth-order valence-electron chi connectivity index (χ4n) is 2.57. The molecule has 7 heteroatoms. The molecule has 0 spiro atoms. The van der Waals surface area contributed by atoms with Crippen LogP contribution in [0, 0.1) is 6.92 Å². The zero-order valence-corrected chi connectivity index (χ0v) is 13.7. The van der Waals surface area contributed by atoms with Gasteiger partial charge in [-0.2, -0.15) is 0 Å². The summed E-state index contributed by atoms with van der Waals surface area (Å²) in [7, 11) is 1.69. The van der Waals surface area contributed by atoms with Crippen molar-refractivity contribution >= 4 is 28.3 Å². The largest absolute Gasteiger partial charge is 0.356 e. The van der Waals surface area contributed by atoms with Gasteiger partial charge >= 0.3 is 0 Å². The molecule has 1 aromatic carbocycles. The van der Waals surface area contributed by atoms with Crippen LogP contribution < -0.4 is 5.32 Å². The average molecular weight is 331 g/mol. The molecule has 0 radical (unpaired) electrons. The number of morpholine rings is 1. The van der Waals surface area contributed by atoms with Crippen LogP contribution in [0.3, 0.4) is 0 Å². The molecule has 2 atom stereocenters. The SMILES string of the molecule is Cc1cnc(NC(=O)[C@H]2OCC(=O)N(C)[C@@H]2c2ccccc2)s1. The maximum atomic E-state index is 12.6. The summed E-state index contributed by atoms with van der Waals surface area (Å²) in [4.78, 5) is 31.3. The monoisotopic (exact) mass is 331 g/mol. The van der Waals surface area contributed by atoms with Crippen LogP contribution in [0.2, 0.25) is 0 Å². The number of rotatable bonds is 3. The summed E-state index contributed by atoms with van der Waals surface area (Å²) in [6.45, 7) is 1.82. The number of carbonyl (C=O) groups excluding carboxylic acids is 2. The number of nitrogens with one attached hydrogen (secondary N) is 1. The number of nitrogens with zero attached hydrogens (tertiary/aromatic N) is 2. The molecular weight excluding hydrogens is 314 g/mol. The van der Waals surface area contributed by atoms with Crippen LogP contribution in [0.25, 0.3) is 0 Å². The second-order valence-corrected chi connectivity index (χ2v) is 6.59. The molecule has 2 heterocycles. The smallest absolute Gasteiger partial charge is 0.257 e. The highest BCUT2D eigenvalue weighted by Gasteiger charge is 2.40. The number of thiazole rings is 1. The van der Waals surface area contributed by atoms with Gasteiger partial charge in [-0.1, -0.05) is 30.3 Å². The Morgan fingerprint density at radius 1 is 1.39 bits per heavy atom. The first-order valence-corrected chi connectivity index (χ1v) is 8.03. The van der Waals surface area contributed by atoms with Crippen molar-refractivity contribution in [1.82, 2.24) is 9.88 Å². The first-order valence-electron chi connectivity index (χ1n) is 7.22. The van der Waals surface area contributed by atoms with Crippen molar-refractivity contribution in [2.75, 3.05) is 19.0 Å². The molecule has 1 aliphatic rings. The summed E-state index contributed by atoms with van der Waals surface area (Å²) < 4.78 is 5.54. The normalized spacial score (nSPS) is 21.3. The Hall–Kier alpha value is -2.25. The number of ether oxygens (including phenoxy) is 1. The molecule has 23 heavy (non-hydrogen) atoms. The van der Waals surface area contributed by atoms with Crippen molar-refractivity contribution in [3.8, 4) is 0 Å². The van der Waals surface area contributed by atoms with E-state index in [9.17, 15) is 9.59 Å². The van der Waals surface area contributed by atoms with Gasteiger partial charge < -0.3 is 9.64 Å². The zero-order chi connectivity index (χ0) is 16.4. The number of aryl methyl sites for hydroxylation is 1. The van der Waals surface area contributed by atoms with Gasteiger partial charge in [-0.3, -0.25) is 14.9 Å². The van der Waals surface area contributed by atoms with Crippen molar-refractivity contribution in [2.24, 2.45) is 0 Å². The van der Waals surface area contributed by atoms with Crippen LogP contribution in [0.4, 0.5) is 5.13 Å². The van der Waals surface area contributed by atoms with E-state index in [1.807, 2.05) is 37.3 Å². The van der Waals surface area contributed by atoms with E-state index in [4.69, 9.17) is 4.74 Å². The molecule has 6 nitrogen and oxygen atoms in total. The molecule has 2 aromatic rings. The summed E-state index contributed by atoms with van der Waals surface area (Å²) >= 11 is 1.40. The van der Waals surface area contributed by atoms with Gasteiger partial charge in [0.1, 0.15) is 6.61 Å². The van der Waals surface area contributed by atoms with Crippen molar-refractivity contribution in [2.45, 2.75) is 19.1 Å². The highest BCUT2D eigenvalue weighted by molar-refractivity contribution is 7.15. The number of benzene rings is 1. The van der Waals surface area contributed by atoms with Crippen molar-refractivity contribution in [3.05, 3.63) is 47.0 Å². The minimum Gasteiger partial charge on any atom is -0.356 e. The summed E-state index contributed by atoms with van der Waals surface area (Å²) in [6, 6.07) is 8.96. The lowest BCUT2D eigenvalue weighted by Gasteiger charge is -2.38. The Balaban J connectivity index is 1.85. The van der Waals surface area contributed by atoms with E-state index in [1.165, 1.54) is 11.3 Å². The Bertz CT molecular complexity index is 716. The van der Waals surface area contributed by atoms with Crippen molar-refractivity contribution in [1.29, 1.82) is 0 Å². The Labute approximate surface area is 138 Å². The molecule has 2 amide bonds. The van der Waals surface area contributed by atoms with Crippen LogP contribution >= 0.6 is 11.3 Å². The number of likely N-dealkylation sites (N-methyl/N-ethyl adjacent to an activating group) is 1. The first-order chi connectivity index (χ1) is 11.1. The first kappa shape index (κ1) is 15.6. The lowest BCUT2D eigenvalue weighted by Crippen LogP contribution is -2.51. The Morgan fingerprint density at radius 2 is 2.13 bits per heavy atom. The van der Waals surface area contributed by atoms with Gasteiger partial charge in [-0.05, 0) is 12.5 Å². The van der Waals surface area contributed by atoms with Gasteiger partial charge in [-0.25, -0.2) is 4.98 Å². The second-order valence-electron chi connectivity index (χ2n) is 5.36. The molecule has 1 N–H and O–H groups in total. The van der Waals surface area contributed by atoms with Gasteiger partial charge in [0.15, 0.2) is 11.2 Å². The summed E-state index contributed by atoms with van der Waals surface area (Å²) in [6.07, 6.45) is 0.927. The molecule has 3 rings (SSSR count). The van der Waals surface area contributed by atoms with Crippen LogP contribution in [-0.4, -0.2) is 41.5 Å². The number of hydrogen-bond donors (Lipinski definition) is 1. The highest BCUT2D eigenvalue weighted by atomic mass is 32.1. The summed E-state index contributed by atoms with van der Waals surface area (Å²) in [5.41, 5.74) is 0.860. The number of hydrogen-bond acceptors (Lipinski definition) is 5. The van der Waals surface area contributed by atoms with E-state index in [1.54, 1.807) is 18.1 Å². The molecule has 120 valence electrons. The third-order valence-electron chi connectivity index (χ3n) is 3.73. The number of aromatic nitrogens is 1. The molecule has 1 aliphatic heterocycles. The van der Waals surface area contributed by atoms with E-state index in [0.29, 0.717) is 5.13 Å². The van der Waals surface area contributed by atoms with Gasteiger partial charge in [0.05, 0.1) is 6.04 Å². The lowest BCUT2D eigenvalue weighted by molar-refractivity contribution is -0.160. The van der Waals surface area contributed by atoms with Gasteiger partial charge in [0, 0.05) is 18.1 Å². The average Bonchev–Trinajstić information content (AvgIpc) is 2.95. The minimum absolute atomic E-state index is 0.102. The zero-order valence-electron chi connectivity index (χ0n) is 12.9. The van der Waals surface area contributed by atoms with Crippen LogP contribution in [0.15, 0.2) is 36.5 Å². The molecule has 0 unspecified atom stereocenters. The molecule has 1 fully saturated rings. The van der Waals surface area contributed by atoms with Crippen LogP contribution in [0.1, 0.15) is 16.5 Å². The highest BCUT2D eigenvalue weighted by Crippen LogP contribution is 2.30. The van der Waals surface area contributed by atoms with Gasteiger partial charge in [-0.15, -0.1) is 11.3 Å². The van der Waals surface area contributed by atoms with E-state index >= 15 is 0 Å². The second kappa shape index (κ2) is 6.47. The lowest BCUT2D eigenvalue weighted by atomic mass is 9.98. The Kier molecular flexibility index (Phi) is 4.40. The minimum atomic E-state index is -0.774. The molecule has 0 saturated carbocycles. The third kappa shape index (κ3) is 3.25. The van der Waals surface area contributed by atoms with E-state index in [2.05, 4.69) is 10.3 Å². The number of carbonyl (C=O) groups is 2. The fraction of sp³-hybridized carbons (Fsp3) is 0.312.